The Bertz CT molecular complexity index is 972. The zero-order chi connectivity index (χ0) is 19.0. The van der Waals surface area contributed by atoms with Crippen molar-refractivity contribution in [1.29, 1.82) is 0 Å². The van der Waals surface area contributed by atoms with Crippen LogP contribution in [0.25, 0.3) is 11.4 Å². The van der Waals surface area contributed by atoms with Crippen molar-refractivity contribution >= 4 is 5.91 Å². The van der Waals surface area contributed by atoms with Gasteiger partial charge in [0.05, 0.1) is 11.4 Å². The summed E-state index contributed by atoms with van der Waals surface area (Å²) in [5.74, 6) is 0.358. The van der Waals surface area contributed by atoms with Crippen LogP contribution < -0.4 is 5.73 Å². The van der Waals surface area contributed by atoms with E-state index in [1.54, 1.807) is 0 Å². The van der Waals surface area contributed by atoms with Crippen LogP contribution in [0.4, 0.5) is 0 Å². The first-order valence-electron chi connectivity index (χ1n) is 9.19. The van der Waals surface area contributed by atoms with E-state index in [4.69, 9.17) is 5.73 Å². The zero-order valence-corrected chi connectivity index (χ0v) is 15.7. The molecule has 0 unspecified atom stereocenters. The number of nitrogens with two attached hydrogens (primary N) is 1. The molecule has 0 radical (unpaired) electrons. The first-order valence-corrected chi connectivity index (χ1v) is 9.19. The molecule has 2 aromatic heterocycles. The fourth-order valence-corrected chi connectivity index (χ4v) is 3.81. The highest BCUT2D eigenvalue weighted by Crippen LogP contribution is 2.25. The van der Waals surface area contributed by atoms with Crippen molar-refractivity contribution in [2.45, 2.75) is 26.4 Å². The lowest BCUT2D eigenvalue weighted by molar-refractivity contribution is 0.0995. The van der Waals surface area contributed by atoms with E-state index in [0.29, 0.717) is 5.69 Å². The van der Waals surface area contributed by atoms with Crippen molar-refractivity contribution in [3.63, 3.8) is 0 Å². The number of benzene rings is 1. The molecular weight excluding hydrogens is 340 g/mol. The van der Waals surface area contributed by atoms with Gasteiger partial charge in [0.15, 0.2) is 0 Å². The Morgan fingerprint density at radius 2 is 1.96 bits per heavy atom. The molecule has 3 heterocycles. The minimum Gasteiger partial charge on any atom is -0.364 e. The van der Waals surface area contributed by atoms with Gasteiger partial charge in [-0.1, -0.05) is 30.3 Å². The van der Waals surface area contributed by atoms with Crippen molar-refractivity contribution in [3.05, 3.63) is 59.2 Å². The summed E-state index contributed by atoms with van der Waals surface area (Å²) in [7, 11) is 1.95. The van der Waals surface area contributed by atoms with Crippen LogP contribution in [-0.2, 0) is 26.6 Å². The van der Waals surface area contributed by atoms with Crippen LogP contribution in [-0.4, -0.2) is 43.2 Å². The molecule has 0 saturated heterocycles. The topological polar surface area (TPSA) is 82.0 Å². The predicted molar refractivity (Wildman–Crippen MR) is 103 cm³/mol. The predicted octanol–water partition coefficient (Wildman–Crippen LogP) is 1.75. The molecule has 1 aromatic carbocycles. The zero-order valence-electron chi connectivity index (χ0n) is 15.7. The van der Waals surface area contributed by atoms with Gasteiger partial charge in [-0.3, -0.25) is 14.4 Å². The smallest absolute Gasteiger partial charge is 0.269 e. The van der Waals surface area contributed by atoms with E-state index in [0.717, 1.165) is 55.4 Å². The van der Waals surface area contributed by atoms with E-state index in [1.165, 1.54) is 5.56 Å². The molecule has 0 spiro atoms. The number of aromatic nitrogens is 4. The molecule has 7 nitrogen and oxygen atoms in total. The second-order valence-electron chi connectivity index (χ2n) is 7.05. The number of carbonyl (C=O) groups is 1. The first-order chi connectivity index (χ1) is 13.0. The number of hydrogen-bond acceptors (Lipinski definition) is 4. The highest BCUT2D eigenvalue weighted by molar-refractivity contribution is 5.93. The van der Waals surface area contributed by atoms with Gasteiger partial charge in [-0.25, -0.2) is 4.98 Å². The van der Waals surface area contributed by atoms with Gasteiger partial charge in [0.1, 0.15) is 11.5 Å². The monoisotopic (exact) mass is 364 g/mol. The molecule has 27 heavy (non-hydrogen) atoms. The Hall–Kier alpha value is -2.93. The van der Waals surface area contributed by atoms with Crippen molar-refractivity contribution in [3.8, 4) is 11.4 Å². The fourth-order valence-electron chi connectivity index (χ4n) is 3.81. The van der Waals surface area contributed by atoms with Gasteiger partial charge in [0, 0.05) is 57.0 Å². The minimum atomic E-state index is -0.461. The third-order valence-corrected chi connectivity index (χ3v) is 5.15. The van der Waals surface area contributed by atoms with Crippen LogP contribution in [0.5, 0.6) is 0 Å². The second-order valence-corrected chi connectivity index (χ2v) is 7.05. The number of fused-ring (bicyclic) bond motifs is 1. The van der Waals surface area contributed by atoms with Crippen molar-refractivity contribution in [2.24, 2.45) is 12.8 Å². The van der Waals surface area contributed by atoms with Gasteiger partial charge in [0.25, 0.3) is 5.91 Å². The third kappa shape index (κ3) is 3.38. The van der Waals surface area contributed by atoms with Crippen LogP contribution in [0.15, 0.2) is 36.5 Å². The summed E-state index contributed by atoms with van der Waals surface area (Å²) in [6.07, 6.45) is 2.82. The van der Waals surface area contributed by atoms with Gasteiger partial charge in [0.2, 0.25) is 0 Å². The quantitative estimate of drug-likeness (QED) is 0.765. The van der Waals surface area contributed by atoms with Crippen LogP contribution >= 0.6 is 0 Å². The van der Waals surface area contributed by atoms with E-state index in [1.807, 2.05) is 49.0 Å². The lowest BCUT2D eigenvalue weighted by Crippen LogP contribution is -2.27. The number of imidazole rings is 1. The molecule has 0 atom stereocenters. The summed E-state index contributed by atoms with van der Waals surface area (Å²) >= 11 is 0. The molecule has 3 aromatic rings. The summed E-state index contributed by atoms with van der Waals surface area (Å²) in [6, 6.07) is 9.97. The number of rotatable bonds is 4. The van der Waals surface area contributed by atoms with Crippen LogP contribution in [0, 0.1) is 6.92 Å². The Labute approximate surface area is 158 Å². The number of aryl methyl sites for hydroxylation is 2. The van der Waals surface area contributed by atoms with E-state index < -0.39 is 5.91 Å². The largest absolute Gasteiger partial charge is 0.364 e. The van der Waals surface area contributed by atoms with E-state index in [9.17, 15) is 4.79 Å². The molecule has 1 amide bonds. The molecular formula is C20H24N6O. The van der Waals surface area contributed by atoms with E-state index >= 15 is 0 Å². The lowest BCUT2D eigenvalue weighted by Gasteiger charge is -2.19. The Morgan fingerprint density at radius 3 is 2.63 bits per heavy atom. The number of primary amides is 1. The molecule has 1 aliphatic rings. The van der Waals surface area contributed by atoms with Gasteiger partial charge in [-0.05, 0) is 6.92 Å². The first kappa shape index (κ1) is 17.5. The van der Waals surface area contributed by atoms with Gasteiger partial charge in [-0.2, -0.15) is 5.10 Å². The Balaban J connectivity index is 1.63. The second kappa shape index (κ2) is 7.00. The summed E-state index contributed by atoms with van der Waals surface area (Å²) in [5, 5.41) is 4.43. The van der Waals surface area contributed by atoms with Crippen molar-refractivity contribution < 1.29 is 4.79 Å². The van der Waals surface area contributed by atoms with E-state index in [2.05, 4.69) is 25.7 Å². The highest BCUT2D eigenvalue weighted by atomic mass is 16.1. The normalized spacial score (nSPS) is 14.7. The highest BCUT2D eigenvalue weighted by Gasteiger charge is 2.25. The number of amides is 1. The molecule has 140 valence electrons. The Morgan fingerprint density at radius 1 is 1.19 bits per heavy atom. The van der Waals surface area contributed by atoms with Crippen molar-refractivity contribution in [2.75, 3.05) is 13.1 Å². The number of carbonyl (C=O) groups excluding carboxylic acids is 1. The standard InChI is InChI=1S/C20H24N6O/c1-14-16(12-24(2)23-14)13-25-9-8-17-18(19(21)27)22-20(26(17)11-10-25)15-6-4-3-5-7-15/h3-7,12H,8-11,13H2,1-2H3,(H2,21,27). The van der Waals surface area contributed by atoms with Gasteiger partial charge in [-0.15, -0.1) is 0 Å². The molecule has 1 aliphatic heterocycles. The summed E-state index contributed by atoms with van der Waals surface area (Å²) in [5.41, 5.74) is 10.3. The molecule has 4 rings (SSSR count). The van der Waals surface area contributed by atoms with Gasteiger partial charge >= 0.3 is 0 Å². The third-order valence-electron chi connectivity index (χ3n) is 5.15. The maximum atomic E-state index is 12.0. The molecule has 0 aliphatic carbocycles. The summed E-state index contributed by atoms with van der Waals surface area (Å²) in [6.45, 7) is 5.41. The summed E-state index contributed by atoms with van der Waals surface area (Å²) < 4.78 is 4.01. The number of hydrogen-bond donors (Lipinski definition) is 1. The minimum absolute atomic E-state index is 0.397. The van der Waals surface area contributed by atoms with E-state index in [-0.39, 0.29) is 0 Å². The van der Waals surface area contributed by atoms with Crippen LogP contribution in [0.2, 0.25) is 0 Å². The molecule has 0 bridgehead atoms. The van der Waals surface area contributed by atoms with Gasteiger partial charge < -0.3 is 10.3 Å². The maximum absolute atomic E-state index is 12.0. The molecule has 0 fully saturated rings. The van der Waals surface area contributed by atoms with Crippen molar-refractivity contribution in [1.82, 2.24) is 24.2 Å². The molecule has 0 saturated carbocycles. The SMILES string of the molecule is Cc1nn(C)cc1CN1CCc2c(C(N)=O)nc(-c3ccccc3)n2CC1. The fraction of sp³-hybridized carbons (Fsp3) is 0.350. The molecule has 7 heteroatoms. The average molecular weight is 364 g/mol. The summed E-state index contributed by atoms with van der Waals surface area (Å²) in [4.78, 5) is 19.0. The van der Waals surface area contributed by atoms with Crippen LogP contribution in [0.1, 0.15) is 27.4 Å². The molecule has 2 N–H and O–H groups in total. The number of nitrogens with zero attached hydrogens (tertiary/aromatic N) is 5. The maximum Gasteiger partial charge on any atom is 0.269 e. The average Bonchev–Trinajstić information content (AvgIpc) is 3.09. The lowest BCUT2D eigenvalue weighted by atomic mass is 10.2. The Kier molecular flexibility index (Phi) is 4.53. The van der Waals surface area contributed by atoms with Crippen LogP contribution in [0.3, 0.4) is 0 Å².